The van der Waals surface area contributed by atoms with E-state index in [2.05, 4.69) is 4.90 Å². The van der Waals surface area contributed by atoms with Crippen LogP contribution in [0.5, 0.6) is 5.75 Å². The monoisotopic (exact) mass is 307 g/mol. The lowest BCUT2D eigenvalue weighted by Crippen LogP contribution is -2.27. The fourth-order valence-corrected chi connectivity index (χ4v) is 3.25. The molecule has 0 radical (unpaired) electrons. The van der Waals surface area contributed by atoms with E-state index in [0.717, 1.165) is 28.6 Å². The van der Waals surface area contributed by atoms with Crippen molar-refractivity contribution in [1.29, 1.82) is 0 Å². The molecule has 0 bridgehead atoms. The number of fused-ring (bicyclic) bond motifs is 3. The molecule has 2 aromatic rings. The predicted octanol–water partition coefficient (Wildman–Crippen LogP) is 1.57. The van der Waals surface area contributed by atoms with E-state index in [-0.39, 0.29) is 5.56 Å². The molecule has 1 aliphatic heterocycles. The maximum absolute atomic E-state index is 12.7. The van der Waals surface area contributed by atoms with E-state index in [1.54, 1.807) is 17.7 Å². The Morgan fingerprint density at radius 3 is 2.71 bits per heavy atom. The molecule has 3 rings (SSSR count). The maximum Gasteiger partial charge on any atom is 0.255 e. The van der Waals surface area contributed by atoms with Gasteiger partial charge in [-0.05, 0) is 24.7 Å². The van der Waals surface area contributed by atoms with Crippen molar-refractivity contribution in [3.8, 4) is 5.75 Å². The summed E-state index contributed by atoms with van der Waals surface area (Å²) < 4.78 is 7.03. The van der Waals surface area contributed by atoms with Crippen LogP contribution in [0, 0.1) is 0 Å². The Balaban J connectivity index is 2.41. The smallest absolute Gasteiger partial charge is 0.255 e. The number of aromatic nitrogens is 1. The number of hydrogen-bond acceptors (Lipinski definition) is 4. The van der Waals surface area contributed by atoms with Gasteiger partial charge in [0, 0.05) is 37.1 Å². The summed E-state index contributed by atoms with van der Waals surface area (Å²) in [5.74, 6) is 0.624. The van der Waals surface area contributed by atoms with Crippen molar-refractivity contribution in [1.82, 2.24) is 9.47 Å². The van der Waals surface area contributed by atoms with Gasteiger partial charge in [0.25, 0.3) is 5.56 Å². The molecule has 0 amide bonds. The molecule has 0 fully saturated rings. The number of nitrogens with zero attached hydrogens (tertiary/aromatic N) is 2. The molecule has 0 saturated heterocycles. The zero-order valence-electron chi connectivity index (χ0n) is 12.1. The van der Waals surface area contributed by atoms with E-state index in [1.165, 1.54) is 0 Å². The number of rotatable bonds is 3. The van der Waals surface area contributed by atoms with Gasteiger partial charge in [-0.1, -0.05) is 11.6 Å². The Morgan fingerprint density at radius 2 is 2.05 bits per heavy atom. The van der Waals surface area contributed by atoms with Gasteiger partial charge in [-0.25, -0.2) is 0 Å². The van der Waals surface area contributed by atoms with Crippen LogP contribution in [0.4, 0.5) is 0 Å². The molecule has 6 heteroatoms. The highest BCUT2D eigenvalue weighted by Crippen LogP contribution is 2.34. The summed E-state index contributed by atoms with van der Waals surface area (Å²) in [6.45, 7) is 2.32. The van der Waals surface area contributed by atoms with E-state index in [1.807, 2.05) is 13.1 Å². The normalized spacial score (nSPS) is 14.7. The van der Waals surface area contributed by atoms with Crippen LogP contribution in [0.1, 0.15) is 11.1 Å². The number of methoxy groups -OCH3 is 1. The van der Waals surface area contributed by atoms with E-state index >= 15 is 0 Å². The van der Waals surface area contributed by atoms with Gasteiger partial charge in [0.1, 0.15) is 5.75 Å². The highest BCUT2D eigenvalue weighted by molar-refractivity contribution is 6.32. The molecule has 0 aliphatic carbocycles. The lowest BCUT2D eigenvalue weighted by molar-refractivity contribution is 0.352. The van der Waals surface area contributed by atoms with Crippen LogP contribution < -0.4 is 16.0 Å². The molecule has 2 heterocycles. The summed E-state index contributed by atoms with van der Waals surface area (Å²) in [4.78, 5) is 14.8. The summed E-state index contributed by atoms with van der Waals surface area (Å²) in [6, 6.07) is 3.72. The third kappa shape index (κ3) is 2.21. The summed E-state index contributed by atoms with van der Waals surface area (Å²) in [5, 5.41) is 1.52. The van der Waals surface area contributed by atoms with Gasteiger partial charge in [0.15, 0.2) is 0 Å². The van der Waals surface area contributed by atoms with Crippen LogP contribution in [-0.2, 0) is 19.6 Å². The van der Waals surface area contributed by atoms with E-state index in [0.29, 0.717) is 30.4 Å². The minimum absolute atomic E-state index is 0.0357. The van der Waals surface area contributed by atoms with Crippen LogP contribution >= 0.6 is 11.6 Å². The lowest BCUT2D eigenvalue weighted by Gasteiger charge is -2.15. The number of benzene rings is 1. The molecule has 1 aromatic heterocycles. The Labute approximate surface area is 127 Å². The van der Waals surface area contributed by atoms with Crippen molar-refractivity contribution in [2.45, 2.75) is 19.6 Å². The van der Waals surface area contributed by atoms with Crippen LogP contribution in [0.25, 0.3) is 10.9 Å². The van der Waals surface area contributed by atoms with Gasteiger partial charge in [0.05, 0.1) is 17.6 Å². The topological polar surface area (TPSA) is 60.5 Å². The van der Waals surface area contributed by atoms with Crippen molar-refractivity contribution in [3.63, 3.8) is 0 Å². The maximum atomic E-state index is 12.7. The molecular weight excluding hydrogens is 290 g/mol. The average molecular weight is 308 g/mol. The predicted molar refractivity (Wildman–Crippen MR) is 84.0 cm³/mol. The first kappa shape index (κ1) is 14.4. The largest absolute Gasteiger partial charge is 0.495 e. The zero-order valence-corrected chi connectivity index (χ0v) is 12.9. The Kier molecular flexibility index (Phi) is 3.65. The lowest BCUT2D eigenvalue weighted by atomic mass is 10.0. The Hall–Kier alpha value is -1.56. The van der Waals surface area contributed by atoms with Gasteiger partial charge in [-0.15, -0.1) is 0 Å². The highest BCUT2D eigenvalue weighted by atomic mass is 35.5. The van der Waals surface area contributed by atoms with Gasteiger partial charge in [0.2, 0.25) is 0 Å². The number of hydrogen-bond donors (Lipinski definition) is 1. The van der Waals surface area contributed by atoms with Crippen LogP contribution in [0.15, 0.2) is 16.9 Å². The zero-order chi connectivity index (χ0) is 15.1. The third-order valence-corrected chi connectivity index (χ3v) is 4.26. The molecule has 0 spiro atoms. The number of pyridine rings is 1. The van der Waals surface area contributed by atoms with E-state index < -0.39 is 0 Å². The molecule has 1 aromatic carbocycles. The van der Waals surface area contributed by atoms with Crippen molar-refractivity contribution in [2.24, 2.45) is 5.73 Å². The summed E-state index contributed by atoms with van der Waals surface area (Å²) in [7, 11) is 3.60. The molecule has 112 valence electrons. The van der Waals surface area contributed by atoms with Gasteiger partial charge < -0.3 is 15.0 Å². The minimum atomic E-state index is 0.0357. The second-order valence-corrected chi connectivity index (χ2v) is 5.79. The van der Waals surface area contributed by atoms with Crippen molar-refractivity contribution >= 4 is 22.5 Å². The van der Waals surface area contributed by atoms with Crippen molar-refractivity contribution in [3.05, 3.63) is 38.6 Å². The second-order valence-electron chi connectivity index (χ2n) is 5.38. The Morgan fingerprint density at radius 1 is 1.33 bits per heavy atom. The average Bonchev–Trinajstić information content (AvgIpc) is 2.85. The fraction of sp³-hybridized carbons (Fsp3) is 0.400. The molecule has 2 N–H and O–H groups in total. The molecule has 0 atom stereocenters. The SMILES string of the molecule is COc1cc2c3c(c(=O)n(CCN)c2cc1Cl)CN(C)C3. The summed E-state index contributed by atoms with van der Waals surface area (Å²) in [6.07, 6.45) is 0. The Bertz CT molecular complexity index is 770. The first-order valence-electron chi connectivity index (χ1n) is 6.87. The fourth-order valence-electron chi connectivity index (χ4n) is 3.02. The number of ether oxygens (including phenoxy) is 1. The van der Waals surface area contributed by atoms with Crippen LogP contribution in [0.2, 0.25) is 5.02 Å². The quantitative estimate of drug-likeness (QED) is 0.935. The standard InChI is InChI=1S/C15H18ClN3O2/c1-18-7-10-9-5-14(21-2)12(16)6-13(9)19(4-3-17)15(20)11(10)8-18/h5-6H,3-4,7-8,17H2,1-2H3. The van der Waals surface area contributed by atoms with Gasteiger partial charge in [-0.2, -0.15) is 0 Å². The number of halogens is 1. The van der Waals surface area contributed by atoms with Crippen molar-refractivity contribution < 1.29 is 4.74 Å². The number of nitrogens with two attached hydrogens (primary N) is 1. The van der Waals surface area contributed by atoms with Crippen LogP contribution in [0.3, 0.4) is 0 Å². The summed E-state index contributed by atoms with van der Waals surface area (Å²) in [5.41, 5.74) is 8.44. The van der Waals surface area contributed by atoms with Gasteiger partial charge in [-0.3, -0.25) is 9.69 Å². The first-order chi connectivity index (χ1) is 10.1. The van der Waals surface area contributed by atoms with Crippen LogP contribution in [-0.4, -0.2) is 30.2 Å². The minimum Gasteiger partial charge on any atom is -0.495 e. The molecular formula is C15H18ClN3O2. The molecule has 0 saturated carbocycles. The van der Waals surface area contributed by atoms with E-state index in [9.17, 15) is 4.79 Å². The van der Waals surface area contributed by atoms with Gasteiger partial charge >= 0.3 is 0 Å². The highest BCUT2D eigenvalue weighted by Gasteiger charge is 2.24. The van der Waals surface area contributed by atoms with E-state index in [4.69, 9.17) is 22.1 Å². The first-order valence-corrected chi connectivity index (χ1v) is 7.25. The van der Waals surface area contributed by atoms with Crippen molar-refractivity contribution in [2.75, 3.05) is 20.7 Å². The molecule has 5 nitrogen and oxygen atoms in total. The third-order valence-electron chi connectivity index (χ3n) is 3.96. The summed E-state index contributed by atoms with van der Waals surface area (Å²) >= 11 is 6.23. The molecule has 0 unspecified atom stereocenters. The molecule has 1 aliphatic rings. The second kappa shape index (κ2) is 5.33. The molecule has 21 heavy (non-hydrogen) atoms.